The van der Waals surface area contributed by atoms with E-state index in [0.717, 1.165) is 30.9 Å². The van der Waals surface area contributed by atoms with E-state index in [0.29, 0.717) is 5.92 Å². The molecule has 2 aromatic rings. The summed E-state index contributed by atoms with van der Waals surface area (Å²) in [5.41, 5.74) is 2.03. The first-order chi connectivity index (χ1) is 8.70. The summed E-state index contributed by atoms with van der Waals surface area (Å²) in [5.74, 6) is 1.34. The molecule has 0 aliphatic heterocycles. The number of fused-ring (bicyclic) bond motifs is 1. The molecule has 5 heteroatoms. The van der Waals surface area contributed by atoms with Crippen molar-refractivity contribution in [2.45, 2.75) is 26.7 Å². The molecule has 0 aromatic carbocycles. The topological polar surface area (TPSA) is 62.5 Å². The van der Waals surface area contributed by atoms with Crippen LogP contribution < -0.4 is 5.32 Å². The first kappa shape index (κ1) is 12.8. The van der Waals surface area contributed by atoms with Gasteiger partial charge < -0.3 is 10.4 Å². The third kappa shape index (κ3) is 2.98. The van der Waals surface area contributed by atoms with Gasteiger partial charge >= 0.3 is 0 Å². The molecule has 2 aromatic heterocycles. The standard InChI is InChI=1S/C13H20N4O/c1-10(8-18)4-3-5-14-12-6-11(2)7-13-15-9-16-17(12)13/h6-7,9-10,14,18H,3-5,8H2,1-2H3. The molecule has 0 spiro atoms. The van der Waals surface area contributed by atoms with Crippen LogP contribution in [-0.4, -0.2) is 32.9 Å². The van der Waals surface area contributed by atoms with Gasteiger partial charge in [0.15, 0.2) is 5.65 Å². The van der Waals surface area contributed by atoms with Crippen LogP contribution in [0.2, 0.25) is 0 Å². The van der Waals surface area contributed by atoms with Gasteiger partial charge in [-0.1, -0.05) is 6.92 Å². The Bertz CT molecular complexity index is 509. The summed E-state index contributed by atoms with van der Waals surface area (Å²) in [5, 5.41) is 16.5. The molecule has 2 N–H and O–H groups in total. The second-order valence-electron chi connectivity index (χ2n) is 4.80. The van der Waals surface area contributed by atoms with Crippen LogP contribution in [0.15, 0.2) is 18.5 Å². The minimum absolute atomic E-state index is 0.262. The Balaban J connectivity index is 1.97. The van der Waals surface area contributed by atoms with Crippen LogP contribution in [0.3, 0.4) is 0 Å². The molecule has 0 aliphatic carbocycles. The van der Waals surface area contributed by atoms with Crippen molar-refractivity contribution < 1.29 is 5.11 Å². The molecule has 0 saturated carbocycles. The Morgan fingerprint density at radius 1 is 1.44 bits per heavy atom. The summed E-state index contributed by atoms with van der Waals surface area (Å²) in [4.78, 5) is 4.19. The van der Waals surface area contributed by atoms with Gasteiger partial charge in [-0.25, -0.2) is 4.98 Å². The lowest BCUT2D eigenvalue weighted by Gasteiger charge is -2.10. The number of rotatable bonds is 6. The number of aromatic nitrogens is 3. The summed E-state index contributed by atoms with van der Waals surface area (Å²) >= 11 is 0. The molecule has 5 nitrogen and oxygen atoms in total. The van der Waals surface area contributed by atoms with Crippen LogP contribution in [0.1, 0.15) is 25.3 Å². The van der Waals surface area contributed by atoms with Crippen molar-refractivity contribution in [2.75, 3.05) is 18.5 Å². The van der Waals surface area contributed by atoms with E-state index in [9.17, 15) is 0 Å². The molecule has 0 amide bonds. The first-order valence-electron chi connectivity index (χ1n) is 6.36. The van der Waals surface area contributed by atoms with Gasteiger partial charge in [0.25, 0.3) is 0 Å². The zero-order valence-electron chi connectivity index (χ0n) is 10.9. The van der Waals surface area contributed by atoms with Crippen molar-refractivity contribution in [3.8, 4) is 0 Å². The van der Waals surface area contributed by atoms with Crippen LogP contribution in [-0.2, 0) is 0 Å². The monoisotopic (exact) mass is 248 g/mol. The molecule has 2 heterocycles. The Morgan fingerprint density at radius 3 is 3.06 bits per heavy atom. The highest BCUT2D eigenvalue weighted by atomic mass is 16.3. The normalized spacial score (nSPS) is 12.8. The maximum Gasteiger partial charge on any atom is 0.157 e. The number of nitrogens with zero attached hydrogens (tertiary/aromatic N) is 3. The number of aryl methyl sites for hydroxylation is 1. The number of aliphatic hydroxyl groups is 1. The molecule has 18 heavy (non-hydrogen) atoms. The van der Waals surface area contributed by atoms with E-state index in [2.05, 4.69) is 28.4 Å². The summed E-state index contributed by atoms with van der Waals surface area (Å²) in [6.07, 6.45) is 3.62. The minimum Gasteiger partial charge on any atom is -0.396 e. The fraction of sp³-hybridized carbons (Fsp3) is 0.538. The number of pyridine rings is 1. The molecule has 0 radical (unpaired) electrons. The van der Waals surface area contributed by atoms with Crippen LogP contribution in [0.4, 0.5) is 5.82 Å². The lowest BCUT2D eigenvalue weighted by atomic mass is 10.1. The predicted molar refractivity (Wildman–Crippen MR) is 71.7 cm³/mol. The Morgan fingerprint density at radius 2 is 2.28 bits per heavy atom. The van der Waals surface area contributed by atoms with E-state index in [1.54, 1.807) is 6.33 Å². The van der Waals surface area contributed by atoms with Gasteiger partial charge in [-0.3, -0.25) is 0 Å². The van der Waals surface area contributed by atoms with E-state index < -0.39 is 0 Å². The summed E-state index contributed by atoms with van der Waals surface area (Å²) in [6.45, 7) is 5.25. The molecule has 0 saturated heterocycles. The minimum atomic E-state index is 0.262. The van der Waals surface area contributed by atoms with Crippen molar-refractivity contribution in [3.63, 3.8) is 0 Å². The maximum absolute atomic E-state index is 8.96. The Labute approximate surface area is 107 Å². The smallest absolute Gasteiger partial charge is 0.157 e. The first-order valence-corrected chi connectivity index (χ1v) is 6.36. The third-order valence-corrected chi connectivity index (χ3v) is 3.01. The highest BCUT2D eigenvalue weighted by Gasteiger charge is 2.04. The van der Waals surface area contributed by atoms with E-state index in [1.165, 1.54) is 5.56 Å². The van der Waals surface area contributed by atoms with Gasteiger partial charge in [0, 0.05) is 13.2 Å². The Kier molecular flexibility index (Phi) is 4.15. The zero-order valence-corrected chi connectivity index (χ0v) is 10.9. The van der Waals surface area contributed by atoms with Crippen molar-refractivity contribution in [1.29, 1.82) is 0 Å². The number of hydrogen-bond donors (Lipinski definition) is 2. The molecule has 0 aliphatic rings. The van der Waals surface area contributed by atoms with Crippen LogP contribution in [0, 0.1) is 12.8 Å². The summed E-state index contributed by atoms with van der Waals surface area (Å²) in [7, 11) is 0. The Hall–Kier alpha value is -1.62. The zero-order chi connectivity index (χ0) is 13.0. The van der Waals surface area contributed by atoms with Crippen LogP contribution >= 0.6 is 0 Å². The fourth-order valence-electron chi connectivity index (χ4n) is 1.94. The lowest BCUT2D eigenvalue weighted by molar-refractivity contribution is 0.229. The average Bonchev–Trinajstić information content (AvgIpc) is 2.81. The second-order valence-corrected chi connectivity index (χ2v) is 4.80. The second kappa shape index (κ2) is 5.82. The predicted octanol–water partition coefficient (Wildman–Crippen LogP) is 1.86. The number of aliphatic hydroxyl groups excluding tert-OH is 1. The fourth-order valence-corrected chi connectivity index (χ4v) is 1.94. The highest BCUT2D eigenvalue weighted by molar-refractivity contribution is 5.51. The molecule has 0 fully saturated rings. The SMILES string of the molecule is Cc1cc(NCCCC(C)CO)n2ncnc2c1. The van der Waals surface area contributed by atoms with E-state index in [1.807, 2.05) is 17.5 Å². The van der Waals surface area contributed by atoms with Gasteiger partial charge in [0.1, 0.15) is 12.1 Å². The van der Waals surface area contributed by atoms with Crippen molar-refractivity contribution in [3.05, 3.63) is 24.0 Å². The lowest BCUT2D eigenvalue weighted by Crippen LogP contribution is -2.09. The highest BCUT2D eigenvalue weighted by Crippen LogP contribution is 2.13. The van der Waals surface area contributed by atoms with E-state index in [-0.39, 0.29) is 6.61 Å². The number of nitrogens with one attached hydrogen (secondary N) is 1. The molecule has 1 unspecified atom stereocenters. The summed E-state index contributed by atoms with van der Waals surface area (Å²) in [6, 6.07) is 4.07. The van der Waals surface area contributed by atoms with Gasteiger partial charge in [-0.15, -0.1) is 0 Å². The van der Waals surface area contributed by atoms with Crippen molar-refractivity contribution >= 4 is 11.5 Å². The quantitative estimate of drug-likeness (QED) is 0.766. The van der Waals surface area contributed by atoms with E-state index >= 15 is 0 Å². The number of anilines is 1. The molecule has 98 valence electrons. The molecule has 1 atom stereocenters. The average molecular weight is 248 g/mol. The molecular formula is C13H20N4O. The molecular weight excluding hydrogens is 228 g/mol. The van der Waals surface area contributed by atoms with Gasteiger partial charge in [-0.05, 0) is 43.4 Å². The van der Waals surface area contributed by atoms with Crippen LogP contribution in [0.25, 0.3) is 5.65 Å². The molecule has 2 rings (SSSR count). The van der Waals surface area contributed by atoms with Gasteiger partial charge in [0.2, 0.25) is 0 Å². The molecule has 0 bridgehead atoms. The number of hydrogen-bond acceptors (Lipinski definition) is 4. The third-order valence-electron chi connectivity index (χ3n) is 3.01. The largest absolute Gasteiger partial charge is 0.396 e. The van der Waals surface area contributed by atoms with Crippen molar-refractivity contribution in [2.24, 2.45) is 5.92 Å². The van der Waals surface area contributed by atoms with Crippen LogP contribution in [0.5, 0.6) is 0 Å². The van der Waals surface area contributed by atoms with Gasteiger partial charge in [0.05, 0.1) is 0 Å². The van der Waals surface area contributed by atoms with Crippen molar-refractivity contribution in [1.82, 2.24) is 14.6 Å². The van der Waals surface area contributed by atoms with Gasteiger partial charge in [-0.2, -0.15) is 9.61 Å². The summed E-state index contributed by atoms with van der Waals surface area (Å²) < 4.78 is 1.81. The maximum atomic E-state index is 8.96. The van der Waals surface area contributed by atoms with E-state index in [4.69, 9.17) is 5.11 Å².